The van der Waals surface area contributed by atoms with Crippen molar-refractivity contribution in [2.24, 2.45) is 5.92 Å². The molecular formula is C16H26N6O. The molecule has 0 spiro atoms. The van der Waals surface area contributed by atoms with E-state index in [0.29, 0.717) is 22.9 Å². The van der Waals surface area contributed by atoms with Crippen molar-refractivity contribution >= 4 is 17.0 Å². The first-order valence-corrected chi connectivity index (χ1v) is 8.25. The fourth-order valence-electron chi connectivity index (χ4n) is 3.17. The lowest BCUT2D eigenvalue weighted by molar-refractivity contribution is 0.217. The molecule has 7 heteroatoms. The Hall–Kier alpha value is -1.89. The average molecular weight is 318 g/mol. The zero-order chi connectivity index (χ0) is 16.6. The summed E-state index contributed by atoms with van der Waals surface area (Å²) in [5, 5.41) is 8.16. The fourth-order valence-corrected chi connectivity index (χ4v) is 3.17. The van der Waals surface area contributed by atoms with E-state index in [2.05, 4.69) is 32.3 Å². The Labute approximate surface area is 136 Å². The molecule has 7 nitrogen and oxygen atoms in total. The molecule has 0 radical (unpaired) electrons. The third-order valence-electron chi connectivity index (χ3n) is 4.35. The van der Waals surface area contributed by atoms with Gasteiger partial charge in [-0.15, -0.1) is 0 Å². The molecule has 0 aromatic carbocycles. The Bertz CT molecular complexity index is 741. The molecule has 0 saturated carbocycles. The number of anilines is 1. The molecule has 2 N–H and O–H groups in total. The summed E-state index contributed by atoms with van der Waals surface area (Å²) in [5.74, 6) is 1.11. The van der Waals surface area contributed by atoms with Crippen molar-refractivity contribution in [2.45, 2.75) is 39.2 Å². The van der Waals surface area contributed by atoms with Gasteiger partial charge in [-0.2, -0.15) is 10.1 Å². The highest BCUT2D eigenvalue weighted by atomic mass is 16.1. The maximum absolute atomic E-state index is 12.2. The van der Waals surface area contributed by atoms with Crippen molar-refractivity contribution < 1.29 is 0 Å². The van der Waals surface area contributed by atoms with Gasteiger partial charge in [0.25, 0.3) is 5.56 Å². The molecule has 0 bridgehead atoms. The van der Waals surface area contributed by atoms with Crippen LogP contribution in [0.3, 0.4) is 0 Å². The number of hydrogen-bond acceptors (Lipinski definition) is 5. The predicted molar refractivity (Wildman–Crippen MR) is 91.9 cm³/mol. The van der Waals surface area contributed by atoms with E-state index >= 15 is 0 Å². The third-order valence-corrected chi connectivity index (χ3v) is 4.35. The molecule has 0 amide bonds. The number of likely N-dealkylation sites (tertiary alicyclic amines) is 1. The molecule has 126 valence electrons. The van der Waals surface area contributed by atoms with E-state index in [9.17, 15) is 4.79 Å². The van der Waals surface area contributed by atoms with E-state index in [-0.39, 0.29) is 11.1 Å². The van der Waals surface area contributed by atoms with Crippen LogP contribution in [-0.4, -0.2) is 51.3 Å². The molecule has 1 aliphatic heterocycles. The number of H-pyrrole nitrogens is 1. The summed E-state index contributed by atoms with van der Waals surface area (Å²) in [6.07, 6.45) is 4.03. The lowest BCUT2D eigenvalue weighted by Crippen LogP contribution is -2.35. The van der Waals surface area contributed by atoms with Crippen molar-refractivity contribution in [3.8, 4) is 0 Å². The number of hydrogen-bond donors (Lipinski definition) is 2. The highest BCUT2D eigenvalue weighted by molar-refractivity contribution is 5.74. The molecule has 1 saturated heterocycles. The second-order valence-corrected chi connectivity index (χ2v) is 7.53. The van der Waals surface area contributed by atoms with Crippen molar-refractivity contribution in [2.75, 3.05) is 32.0 Å². The third kappa shape index (κ3) is 3.39. The van der Waals surface area contributed by atoms with Crippen molar-refractivity contribution in [1.29, 1.82) is 0 Å². The first-order valence-electron chi connectivity index (χ1n) is 8.25. The number of nitrogens with one attached hydrogen (secondary N) is 2. The second kappa shape index (κ2) is 5.96. The smallest absolute Gasteiger partial charge is 0.263 e. The summed E-state index contributed by atoms with van der Waals surface area (Å²) in [7, 11) is 2.15. The van der Waals surface area contributed by atoms with E-state index in [0.717, 1.165) is 13.1 Å². The molecule has 23 heavy (non-hydrogen) atoms. The minimum atomic E-state index is -0.216. The molecule has 0 aliphatic carbocycles. The molecule has 2 aromatic rings. The summed E-state index contributed by atoms with van der Waals surface area (Å²) in [6, 6.07) is 0. The van der Waals surface area contributed by atoms with Gasteiger partial charge in [-0.25, -0.2) is 4.68 Å². The molecule has 1 fully saturated rings. The standard InChI is InChI=1S/C16H26N6O/c1-16(2,3)22-13-12(9-18-22)14(23)20-15(19-13)17-8-11-6-5-7-21(4)10-11/h9,11H,5-8,10H2,1-4H3,(H2,17,19,20,23). The van der Waals surface area contributed by atoms with Crippen LogP contribution in [0.25, 0.3) is 11.0 Å². The highest BCUT2D eigenvalue weighted by Crippen LogP contribution is 2.19. The van der Waals surface area contributed by atoms with E-state index in [1.54, 1.807) is 10.9 Å². The van der Waals surface area contributed by atoms with Gasteiger partial charge in [-0.05, 0) is 53.1 Å². The molecule has 3 heterocycles. The number of rotatable bonds is 3. The second-order valence-electron chi connectivity index (χ2n) is 7.53. The topological polar surface area (TPSA) is 78.8 Å². The molecule has 1 atom stereocenters. The predicted octanol–water partition coefficient (Wildman–Crippen LogP) is 1.63. The summed E-state index contributed by atoms with van der Waals surface area (Å²) in [6.45, 7) is 9.22. The Balaban J connectivity index is 1.82. The van der Waals surface area contributed by atoms with Gasteiger partial charge in [0.15, 0.2) is 5.65 Å². The van der Waals surface area contributed by atoms with Crippen LogP contribution < -0.4 is 10.9 Å². The van der Waals surface area contributed by atoms with Gasteiger partial charge in [0.2, 0.25) is 5.95 Å². The molecule has 3 rings (SSSR count). The zero-order valence-corrected chi connectivity index (χ0v) is 14.4. The summed E-state index contributed by atoms with van der Waals surface area (Å²) in [4.78, 5) is 22.0. The van der Waals surface area contributed by atoms with Crippen LogP contribution in [-0.2, 0) is 5.54 Å². The SMILES string of the molecule is CN1CCCC(CNc2nc3c(cnn3C(C)(C)C)c(=O)[nH]2)C1. The van der Waals surface area contributed by atoms with E-state index in [1.165, 1.54) is 19.4 Å². The molecule has 1 aliphatic rings. The van der Waals surface area contributed by atoms with Gasteiger partial charge in [-0.1, -0.05) is 0 Å². The average Bonchev–Trinajstić information content (AvgIpc) is 2.90. The summed E-state index contributed by atoms with van der Waals surface area (Å²) < 4.78 is 1.80. The van der Waals surface area contributed by atoms with Crippen LogP contribution in [0.15, 0.2) is 11.0 Å². The Morgan fingerprint density at radius 2 is 2.22 bits per heavy atom. The summed E-state index contributed by atoms with van der Waals surface area (Å²) >= 11 is 0. The van der Waals surface area contributed by atoms with Crippen LogP contribution in [0.5, 0.6) is 0 Å². The van der Waals surface area contributed by atoms with Crippen molar-refractivity contribution in [3.63, 3.8) is 0 Å². The first kappa shape index (κ1) is 16.0. The van der Waals surface area contributed by atoms with Crippen LogP contribution in [0, 0.1) is 5.92 Å². The number of piperidine rings is 1. The van der Waals surface area contributed by atoms with Crippen molar-refractivity contribution in [3.05, 3.63) is 16.6 Å². The minimum absolute atomic E-state index is 0.145. The van der Waals surface area contributed by atoms with Gasteiger partial charge < -0.3 is 10.2 Å². The Morgan fingerprint density at radius 3 is 2.91 bits per heavy atom. The van der Waals surface area contributed by atoms with Crippen LogP contribution in [0.2, 0.25) is 0 Å². The largest absolute Gasteiger partial charge is 0.355 e. The number of aromatic nitrogens is 4. The van der Waals surface area contributed by atoms with Crippen LogP contribution >= 0.6 is 0 Å². The van der Waals surface area contributed by atoms with E-state index < -0.39 is 0 Å². The van der Waals surface area contributed by atoms with Gasteiger partial charge in [0.05, 0.1) is 11.7 Å². The van der Waals surface area contributed by atoms with Crippen LogP contribution in [0.4, 0.5) is 5.95 Å². The number of fused-ring (bicyclic) bond motifs is 1. The molecule has 2 aromatic heterocycles. The number of aromatic amines is 1. The summed E-state index contributed by atoms with van der Waals surface area (Å²) in [5.41, 5.74) is 0.268. The number of nitrogens with zero attached hydrogens (tertiary/aromatic N) is 4. The van der Waals surface area contributed by atoms with Gasteiger partial charge >= 0.3 is 0 Å². The maximum Gasteiger partial charge on any atom is 0.263 e. The van der Waals surface area contributed by atoms with Crippen LogP contribution in [0.1, 0.15) is 33.6 Å². The van der Waals surface area contributed by atoms with E-state index in [4.69, 9.17) is 0 Å². The lowest BCUT2D eigenvalue weighted by Gasteiger charge is -2.29. The lowest BCUT2D eigenvalue weighted by atomic mass is 9.99. The quantitative estimate of drug-likeness (QED) is 0.899. The van der Waals surface area contributed by atoms with Gasteiger partial charge in [-0.3, -0.25) is 9.78 Å². The first-order chi connectivity index (χ1) is 10.8. The monoisotopic (exact) mass is 318 g/mol. The zero-order valence-electron chi connectivity index (χ0n) is 14.4. The Morgan fingerprint density at radius 1 is 1.43 bits per heavy atom. The fraction of sp³-hybridized carbons (Fsp3) is 0.688. The highest BCUT2D eigenvalue weighted by Gasteiger charge is 2.21. The maximum atomic E-state index is 12.2. The molecule has 1 unspecified atom stereocenters. The van der Waals surface area contributed by atoms with E-state index in [1.807, 2.05) is 20.8 Å². The van der Waals surface area contributed by atoms with Crippen molar-refractivity contribution in [1.82, 2.24) is 24.6 Å². The minimum Gasteiger partial charge on any atom is -0.355 e. The Kier molecular flexibility index (Phi) is 4.14. The van der Waals surface area contributed by atoms with Gasteiger partial charge in [0.1, 0.15) is 5.39 Å². The molecular weight excluding hydrogens is 292 g/mol. The normalized spacial score (nSPS) is 20.1. The van der Waals surface area contributed by atoms with Gasteiger partial charge in [0, 0.05) is 13.1 Å².